The number of hydrogen-bond donors (Lipinski definition) is 1. The van der Waals surface area contributed by atoms with Gasteiger partial charge in [-0.3, -0.25) is 9.59 Å². The van der Waals surface area contributed by atoms with Crippen LogP contribution >= 0.6 is 0 Å². The average Bonchev–Trinajstić information content (AvgIpc) is 3.09. The number of carbonyl (C=O) groups is 2. The van der Waals surface area contributed by atoms with Gasteiger partial charge in [0, 0.05) is 6.54 Å². The van der Waals surface area contributed by atoms with E-state index in [1.165, 1.54) is 12.8 Å². The molecular formula is C14H24N2O2. The standard InChI is InChI=1S/C14H24N2O2/c1-5-14(6-7-14)8-16-10(4)12(17)15-11(9(2)3)13(16)18/h9-11H,5-8H2,1-4H3,(H,15,17). The van der Waals surface area contributed by atoms with Crippen LogP contribution in [-0.4, -0.2) is 35.3 Å². The first-order valence-corrected chi connectivity index (χ1v) is 7.01. The molecule has 2 fully saturated rings. The van der Waals surface area contributed by atoms with Crippen LogP contribution in [0.4, 0.5) is 0 Å². The Labute approximate surface area is 109 Å². The first-order valence-electron chi connectivity index (χ1n) is 7.01. The minimum Gasteiger partial charge on any atom is -0.342 e. The molecule has 0 spiro atoms. The molecule has 1 saturated carbocycles. The molecule has 2 unspecified atom stereocenters. The Morgan fingerprint density at radius 3 is 2.44 bits per heavy atom. The van der Waals surface area contributed by atoms with E-state index in [-0.39, 0.29) is 29.8 Å². The summed E-state index contributed by atoms with van der Waals surface area (Å²) in [5, 5.41) is 2.84. The highest BCUT2D eigenvalue weighted by Crippen LogP contribution is 2.49. The molecule has 0 aromatic heterocycles. The lowest BCUT2D eigenvalue weighted by Crippen LogP contribution is -2.64. The fourth-order valence-electron chi connectivity index (χ4n) is 2.67. The van der Waals surface area contributed by atoms with Gasteiger partial charge in [-0.2, -0.15) is 0 Å². The van der Waals surface area contributed by atoms with E-state index in [9.17, 15) is 9.59 Å². The number of piperazine rings is 1. The molecule has 2 rings (SSSR count). The second-order valence-corrected chi connectivity index (χ2v) is 6.23. The minimum absolute atomic E-state index is 0.0137. The lowest BCUT2D eigenvalue weighted by Gasteiger charge is -2.40. The van der Waals surface area contributed by atoms with Gasteiger partial charge in [0.15, 0.2) is 0 Å². The molecule has 0 aromatic carbocycles. The van der Waals surface area contributed by atoms with Crippen LogP contribution in [0, 0.1) is 11.3 Å². The Balaban J connectivity index is 2.15. The average molecular weight is 252 g/mol. The third kappa shape index (κ3) is 2.25. The second-order valence-electron chi connectivity index (χ2n) is 6.23. The van der Waals surface area contributed by atoms with E-state index in [0.717, 1.165) is 13.0 Å². The number of nitrogens with zero attached hydrogens (tertiary/aromatic N) is 1. The van der Waals surface area contributed by atoms with Crippen molar-refractivity contribution in [3.8, 4) is 0 Å². The molecule has 1 saturated heterocycles. The molecule has 1 aliphatic carbocycles. The zero-order valence-corrected chi connectivity index (χ0v) is 11.8. The summed E-state index contributed by atoms with van der Waals surface area (Å²) in [6.45, 7) is 8.70. The van der Waals surface area contributed by atoms with Gasteiger partial charge in [-0.15, -0.1) is 0 Å². The largest absolute Gasteiger partial charge is 0.342 e. The van der Waals surface area contributed by atoms with E-state index in [1.54, 1.807) is 4.90 Å². The lowest BCUT2D eigenvalue weighted by atomic mass is 9.95. The van der Waals surface area contributed by atoms with Crippen molar-refractivity contribution >= 4 is 11.8 Å². The predicted octanol–water partition coefficient (Wildman–Crippen LogP) is 1.55. The van der Waals surface area contributed by atoms with E-state index in [2.05, 4.69) is 12.2 Å². The van der Waals surface area contributed by atoms with Gasteiger partial charge in [-0.05, 0) is 37.5 Å². The number of amides is 2. The monoisotopic (exact) mass is 252 g/mol. The second kappa shape index (κ2) is 4.56. The van der Waals surface area contributed by atoms with Gasteiger partial charge in [0.2, 0.25) is 11.8 Å². The Bertz CT molecular complexity index is 361. The Morgan fingerprint density at radius 1 is 1.39 bits per heavy atom. The fraction of sp³-hybridized carbons (Fsp3) is 0.857. The van der Waals surface area contributed by atoms with Gasteiger partial charge < -0.3 is 10.2 Å². The summed E-state index contributed by atoms with van der Waals surface area (Å²) in [6, 6.07) is -0.669. The lowest BCUT2D eigenvalue weighted by molar-refractivity contribution is -0.150. The van der Waals surface area contributed by atoms with E-state index in [1.807, 2.05) is 20.8 Å². The number of carbonyl (C=O) groups excluding carboxylic acids is 2. The molecule has 0 aromatic rings. The summed E-state index contributed by atoms with van der Waals surface area (Å²) in [4.78, 5) is 26.2. The molecule has 0 radical (unpaired) electrons. The van der Waals surface area contributed by atoms with Gasteiger partial charge >= 0.3 is 0 Å². The topological polar surface area (TPSA) is 49.4 Å². The molecular weight excluding hydrogens is 228 g/mol. The zero-order valence-electron chi connectivity index (χ0n) is 11.8. The number of rotatable bonds is 4. The SMILES string of the molecule is CCC1(CN2C(=O)C(C(C)C)NC(=O)C2C)CC1. The van der Waals surface area contributed by atoms with Gasteiger partial charge in [0.25, 0.3) is 0 Å². The smallest absolute Gasteiger partial charge is 0.246 e. The van der Waals surface area contributed by atoms with Crippen molar-refractivity contribution in [2.75, 3.05) is 6.54 Å². The maximum absolute atomic E-state index is 12.5. The van der Waals surface area contributed by atoms with Crippen LogP contribution < -0.4 is 5.32 Å². The predicted molar refractivity (Wildman–Crippen MR) is 69.9 cm³/mol. The van der Waals surface area contributed by atoms with Crippen molar-refractivity contribution in [2.24, 2.45) is 11.3 Å². The fourth-order valence-corrected chi connectivity index (χ4v) is 2.67. The highest BCUT2D eigenvalue weighted by Gasteiger charge is 2.47. The van der Waals surface area contributed by atoms with Crippen LogP contribution in [0.5, 0.6) is 0 Å². The highest BCUT2D eigenvalue weighted by molar-refractivity contribution is 5.96. The molecule has 2 atom stereocenters. The summed E-state index contributed by atoms with van der Waals surface area (Å²) in [5.41, 5.74) is 0.295. The van der Waals surface area contributed by atoms with Crippen LogP contribution in [0.1, 0.15) is 47.0 Å². The van der Waals surface area contributed by atoms with Crippen molar-refractivity contribution in [1.29, 1.82) is 0 Å². The summed E-state index contributed by atoms with van der Waals surface area (Å²) < 4.78 is 0. The van der Waals surface area contributed by atoms with Crippen molar-refractivity contribution in [2.45, 2.75) is 59.0 Å². The van der Waals surface area contributed by atoms with Crippen molar-refractivity contribution in [1.82, 2.24) is 10.2 Å². The third-order valence-electron chi connectivity index (χ3n) is 4.57. The first kappa shape index (κ1) is 13.4. The number of hydrogen-bond acceptors (Lipinski definition) is 2. The van der Waals surface area contributed by atoms with E-state index in [0.29, 0.717) is 5.41 Å². The summed E-state index contributed by atoms with van der Waals surface area (Å²) >= 11 is 0. The Morgan fingerprint density at radius 2 is 2.00 bits per heavy atom. The van der Waals surface area contributed by atoms with E-state index >= 15 is 0 Å². The van der Waals surface area contributed by atoms with Crippen LogP contribution in [0.3, 0.4) is 0 Å². The maximum Gasteiger partial charge on any atom is 0.246 e. The maximum atomic E-state index is 12.5. The minimum atomic E-state index is -0.346. The Hall–Kier alpha value is -1.06. The van der Waals surface area contributed by atoms with Gasteiger partial charge in [0.1, 0.15) is 12.1 Å². The first-order chi connectivity index (χ1) is 8.40. The molecule has 18 heavy (non-hydrogen) atoms. The molecule has 102 valence electrons. The molecule has 1 N–H and O–H groups in total. The van der Waals surface area contributed by atoms with E-state index in [4.69, 9.17) is 0 Å². The third-order valence-corrected chi connectivity index (χ3v) is 4.57. The number of nitrogens with one attached hydrogen (secondary N) is 1. The van der Waals surface area contributed by atoms with Crippen LogP contribution in [-0.2, 0) is 9.59 Å². The van der Waals surface area contributed by atoms with Gasteiger partial charge in [0.05, 0.1) is 0 Å². The molecule has 4 nitrogen and oxygen atoms in total. The van der Waals surface area contributed by atoms with Crippen LogP contribution in [0.15, 0.2) is 0 Å². The summed E-state index contributed by atoms with van der Waals surface area (Å²) in [7, 11) is 0. The van der Waals surface area contributed by atoms with Crippen molar-refractivity contribution in [3.05, 3.63) is 0 Å². The summed E-state index contributed by atoms with van der Waals surface area (Å²) in [6.07, 6.45) is 3.47. The molecule has 2 amide bonds. The summed E-state index contributed by atoms with van der Waals surface area (Å²) in [5.74, 6) is 0.227. The van der Waals surface area contributed by atoms with Crippen molar-refractivity contribution in [3.63, 3.8) is 0 Å². The van der Waals surface area contributed by atoms with E-state index < -0.39 is 0 Å². The molecule has 0 bridgehead atoms. The van der Waals surface area contributed by atoms with Crippen LogP contribution in [0.2, 0.25) is 0 Å². The van der Waals surface area contributed by atoms with Crippen molar-refractivity contribution < 1.29 is 9.59 Å². The molecule has 2 aliphatic rings. The quantitative estimate of drug-likeness (QED) is 0.825. The normalized spacial score (nSPS) is 30.6. The van der Waals surface area contributed by atoms with Crippen LogP contribution in [0.25, 0.3) is 0 Å². The molecule has 1 aliphatic heterocycles. The van der Waals surface area contributed by atoms with Gasteiger partial charge in [-0.25, -0.2) is 0 Å². The molecule has 1 heterocycles. The molecule has 4 heteroatoms. The zero-order chi connectivity index (χ0) is 13.5. The van der Waals surface area contributed by atoms with Gasteiger partial charge in [-0.1, -0.05) is 20.8 Å². The Kier molecular flexibility index (Phi) is 3.39. The highest BCUT2D eigenvalue weighted by atomic mass is 16.2.